The lowest BCUT2D eigenvalue weighted by Crippen LogP contribution is -2.38. The summed E-state index contributed by atoms with van der Waals surface area (Å²) in [6.45, 7) is 6.18. The molecule has 27 heavy (non-hydrogen) atoms. The Morgan fingerprint density at radius 3 is 2.63 bits per heavy atom. The van der Waals surface area contributed by atoms with Gasteiger partial charge in [-0.1, -0.05) is 23.8 Å². The molecule has 2 aromatic rings. The predicted octanol–water partition coefficient (Wildman–Crippen LogP) is 3.32. The Bertz CT molecular complexity index is 738. The van der Waals surface area contributed by atoms with E-state index < -0.39 is 0 Å². The van der Waals surface area contributed by atoms with E-state index in [1.54, 1.807) is 14.2 Å². The van der Waals surface area contributed by atoms with Crippen LogP contribution in [0.25, 0.3) is 0 Å². The van der Waals surface area contributed by atoms with E-state index in [2.05, 4.69) is 39.7 Å². The third kappa shape index (κ3) is 7.62. The number of hydrogen-bond donors (Lipinski definition) is 2. The molecule has 1 aromatic heterocycles. The minimum atomic E-state index is 0. The summed E-state index contributed by atoms with van der Waals surface area (Å²) in [6.07, 6.45) is 0.854. The van der Waals surface area contributed by atoms with Crippen molar-refractivity contribution in [2.24, 2.45) is 4.99 Å². The predicted molar refractivity (Wildman–Crippen MR) is 120 cm³/mol. The van der Waals surface area contributed by atoms with Gasteiger partial charge in [0.2, 0.25) is 5.88 Å². The van der Waals surface area contributed by atoms with Crippen molar-refractivity contribution >= 4 is 29.9 Å². The molecule has 0 aliphatic rings. The van der Waals surface area contributed by atoms with Gasteiger partial charge in [-0.2, -0.15) is 0 Å². The van der Waals surface area contributed by atoms with Crippen molar-refractivity contribution in [2.75, 3.05) is 27.3 Å². The summed E-state index contributed by atoms with van der Waals surface area (Å²) in [6, 6.07) is 11.9. The van der Waals surface area contributed by atoms with Crippen LogP contribution in [0.4, 0.5) is 0 Å². The molecule has 6 nitrogen and oxygen atoms in total. The number of aliphatic imine (C=N–C) groups is 1. The molecule has 0 saturated carbocycles. The summed E-state index contributed by atoms with van der Waals surface area (Å²) in [5.74, 6) is 2.28. The number of benzene rings is 1. The zero-order chi connectivity index (χ0) is 18.8. The molecular weight excluding hydrogens is 455 g/mol. The smallest absolute Gasteiger partial charge is 0.213 e. The van der Waals surface area contributed by atoms with Crippen molar-refractivity contribution < 1.29 is 9.47 Å². The minimum absolute atomic E-state index is 0. The maximum atomic E-state index is 5.44. The van der Waals surface area contributed by atoms with Gasteiger partial charge in [0.15, 0.2) is 5.96 Å². The molecule has 0 saturated heterocycles. The van der Waals surface area contributed by atoms with Gasteiger partial charge in [-0.3, -0.25) is 0 Å². The lowest BCUT2D eigenvalue weighted by Gasteiger charge is -2.13. The van der Waals surface area contributed by atoms with Crippen LogP contribution < -0.4 is 20.1 Å². The van der Waals surface area contributed by atoms with Crippen molar-refractivity contribution in [1.29, 1.82) is 0 Å². The summed E-state index contributed by atoms with van der Waals surface area (Å²) in [5.41, 5.74) is 3.28. The number of rotatable bonds is 8. The molecular formula is C20H29IN4O2. The Labute approximate surface area is 178 Å². The molecule has 0 spiro atoms. The molecule has 1 aromatic carbocycles. The number of halogens is 1. The molecule has 2 N–H and O–H groups in total. The fourth-order valence-corrected chi connectivity index (χ4v) is 2.58. The monoisotopic (exact) mass is 484 g/mol. The van der Waals surface area contributed by atoms with E-state index in [1.165, 1.54) is 11.1 Å². The standard InChI is InChI=1S/C20H28N4O2.HI/c1-5-21-20(23-14-17-7-6-8-19(24-17)26-4)22-12-11-16-13-15(2)9-10-18(16)25-3;/h6-10,13H,5,11-12,14H2,1-4H3,(H2,21,22,23);1H. The number of ether oxygens (including phenoxy) is 2. The van der Waals surface area contributed by atoms with Crippen LogP contribution >= 0.6 is 24.0 Å². The van der Waals surface area contributed by atoms with Gasteiger partial charge < -0.3 is 20.1 Å². The molecule has 0 radical (unpaired) electrons. The largest absolute Gasteiger partial charge is 0.496 e. The molecule has 0 amide bonds. The maximum Gasteiger partial charge on any atom is 0.213 e. The Balaban J connectivity index is 0.00000364. The molecule has 7 heteroatoms. The van der Waals surface area contributed by atoms with Crippen molar-refractivity contribution in [3.05, 3.63) is 53.2 Å². The average molecular weight is 484 g/mol. The molecule has 0 aliphatic carbocycles. The third-order valence-corrected chi connectivity index (χ3v) is 3.86. The first-order valence-corrected chi connectivity index (χ1v) is 8.82. The van der Waals surface area contributed by atoms with Gasteiger partial charge in [0.1, 0.15) is 5.75 Å². The topological polar surface area (TPSA) is 67.8 Å². The van der Waals surface area contributed by atoms with Gasteiger partial charge in [0.05, 0.1) is 26.5 Å². The van der Waals surface area contributed by atoms with Gasteiger partial charge in [0, 0.05) is 19.2 Å². The normalized spacial score (nSPS) is 10.7. The number of nitrogens with one attached hydrogen (secondary N) is 2. The van der Waals surface area contributed by atoms with E-state index in [4.69, 9.17) is 9.47 Å². The number of guanidine groups is 1. The first-order valence-electron chi connectivity index (χ1n) is 8.82. The molecule has 1 heterocycles. The molecule has 0 aliphatic heterocycles. The van der Waals surface area contributed by atoms with Crippen LogP contribution in [0.3, 0.4) is 0 Å². The summed E-state index contributed by atoms with van der Waals surface area (Å²) in [5, 5.41) is 6.62. The lowest BCUT2D eigenvalue weighted by atomic mass is 10.1. The second-order valence-corrected chi connectivity index (χ2v) is 5.86. The fraction of sp³-hybridized carbons (Fsp3) is 0.400. The molecule has 0 atom stereocenters. The Morgan fingerprint density at radius 1 is 1.11 bits per heavy atom. The highest BCUT2D eigenvalue weighted by Gasteiger charge is 2.04. The van der Waals surface area contributed by atoms with Crippen molar-refractivity contribution in [2.45, 2.75) is 26.8 Å². The number of nitrogens with zero attached hydrogens (tertiary/aromatic N) is 2. The summed E-state index contributed by atoms with van der Waals surface area (Å²) in [7, 11) is 3.31. The van der Waals surface area contributed by atoms with E-state index in [-0.39, 0.29) is 24.0 Å². The van der Waals surface area contributed by atoms with Crippen LogP contribution in [-0.4, -0.2) is 38.3 Å². The average Bonchev–Trinajstić information content (AvgIpc) is 2.66. The highest BCUT2D eigenvalue weighted by Crippen LogP contribution is 2.19. The van der Waals surface area contributed by atoms with E-state index in [0.29, 0.717) is 12.4 Å². The summed E-state index contributed by atoms with van der Waals surface area (Å²) < 4.78 is 10.6. The number of aromatic nitrogens is 1. The summed E-state index contributed by atoms with van der Waals surface area (Å²) in [4.78, 5) is 8.98. The summed E-state index contributed by atoms with van der Waals surface area (Å²) >= 11 is 0. The zero-order valence-corrected chi connectivity index (χ0v) is 18.7. The van der Waals surface area contributed by atoms with E-state index in [1.807, 2.05) is 31.2 Å². The SMILES string of the molecule is CCNC(=NCc1cccc(OC)n1)NCCc1cc(C)ccc1OC.I. The van der Waals surface area contributed by atoms with E-state index in [0.717, 1.165) is 36.9 Å². The van der Waals surface area contributed by atoms with Crippen molar-refractivity contribution in [3.63, 3.8) is 0 Å². The first-order chi connectivity index (χ1) is 12.7. The van der Waals surface area contributed by atoms with Gasteiger partial charge in [0.25, 0.3) is 0 Å². The van der Waals surface area contributed by atoms with Crippen LogP contribution in [0.5, 0.6) is 11.6 Å². The molecule has 0 fully saturated rings. The van der Waals surface area contributed by atoms with Crippen molar-refractivity contribution in [3.8, 4) is 11.6 Å². The number of methoxy groups -OCH3 is 2. The Morgan fingerprint density at radius 2 is 1.93 bits per heavy atom. The number of hydrogen-bond acceptors (Lipinski definition) is 4. The Hall–Kier alpha value is -2.03. The minimum Gasteiger partial charge on any atom is -0.496 e. The quantitative estimate of drug-likeness (QED) is 0.342. The van der Waals surface area contributed by atoms with Gasteiger partial charge in [-0.25, -0.2) is 9.98 Å². The maximum absolute atomic E-state index is 5.44. The van der Waals surface area contributed by atoms with Gasteiger partial charge >= 0.3 is 0 Å². The van der Waals surface area contributed by atoms with E-state index >= 15 is 0 Å². The third-order valence-electron chi connectivity index (χ3n) is 3.86. The molecule has 2 rings (SSSR count). The van der Waals surface area contributed by atoms with Crippen LogP contribution in [0.1, 0.15) is 23.7 Å². The van der Waals surface area contributed by atoms with Crippen LogP contribution in [0, 0.1) is 6.92 Å². The molecule has 148 valence electrons. The van der Waals surface area contributed by atoms with Crippen molar-refractivity contribution in [1.82, 2.24) is 15.6 Å². The van der Waals surface area contributed by atoms with Gasteiger partial charge in [-0.15, -0.1) is 24.0 Å². The Kier molecular flexibility index (Phi) is 10.5. The molecule has 0 unspecified atom stereocenters. The lowest BCUT2D eigenvalue weighted by molar-refractivity contribution is 0.396. The highest BCUT2D eigenvalue weighted by atomic mass is 127. The first kappa shape index (κ1) is 23.0. The number of aryl methyl sites for hydroxylation is 1. The zero-order valence-electron chi connectivity index (χ0n) is 16.4. The van der Waals surface area contributed by atoms with E-state index in [9.17, 15) is 0 Å². The second kappa shape index (κ2) is 12.4. The van der Waals surface area contributed by atoms with Crippen LogP contribution in [-0.2, 0) is 13.0 Å². The van der Waals surface area contributed by atoms with Crippen LogP contribution in [0.15, 0.2) is 41.4 Å². The van der Waals surface area contributed by atoms with Crippen LogP contribution in [0.2, 0.25) is 0 Å². The van der Waals surface area contributed by atoms with Gasteiger partial charge in [-0.05, 0) is 38.0 Å². The molecule has 0 bridgehead atoms. The fourth-order valence-electron chi connectivity index (χ4n) is 2.58. The second-order valence-electron chi connectivity index (χ2n) is 5.86. The highest BCUT2D eigenvalue weighted by molar-refractivity contribution is 14.0. The number of pyridine rings is 1.